The van der Waals surface area contributed by atoms with Gasteiger partial charge >= 0.3 is 5.97 Å². The fourth-order valence-electron chi connectivity index (χ4n) is 2.77. The summed E-state index contributed by atoms with van der Waals surface area (Å²) in [6.07, 6.45) is 2.89. The molecule has 2 atom stereocenters. The van der Waals surface area contributed by atoms with Crippen molar-refractivity contribution < 1.29 is 14.3 Å². The van der Waals surface area contributed by atoms with E-state index in [-0.39, 0.29) is 40.7 Å². The van der Waals surface area contributed by atoms with Crippen LogP contribution in [0.15, 0.2) is 18.2 Å². The Morgan fingerprint density at radius 2 is 2.14 bits per heavy atom. The highest BCUT2D eigenvalue weighted by atomic mass is 35.5. The molecule has 0 aromatic heterocycles. The Labute approximate surface area is 140 Å². The van der Waals surface area contributed by atoms with E-state index in [0.29, 0.717) is 12.2 Å². The van der Waals surface area contributed by atoms with Gasteiger partial charge < -0.3 is 15.8 Å². The van der Waals surface area contributed by atoms with Gasteiger partial charge in [0.05, 0.1) is 17.7 Å². The number of hydrogen-bond acceptors (Lipinski definition) is 4. The van der Waals surface area contributed by atoms with Gasteiger partial charge in [0, 0.05) is 11.6 Å². The number of rotatable bonds is 4. The van der Waals surface area contributed by atoms with Crippen molar-refractivity contribution in [3.05, 3.63) is 28.8 Å². The smallest absolute Gasteiger partial charge is 0.339 e. The van der Waals surface area contributed by atoms with Crippen molar-refractivity contribution in [1.29, 1.82) is 0 Å². The molecule has 1 aliphatic rings. The second-order valence-corrected chi connectivity index (χ2v) is 5.62. The molecule has 1 saturated carbocycles. The maximum Gasteiger partial charge on any atom is 0.339 e. The minimum absolute atomic E-state index is 0. The van der Waals surface area contributed by atoms with Crippen molar-refractivity contribution in [3.63, 3.8) is 0 Å². The van der Waals surface area contributed by atoms with E-state index >= 15 is 0 Å². The number of ether oxygens (including phenoxy) is 1. The summed E-state index contributed by atoms with van der Waals surface area (Å²) in [5, 5.41) is 3.09. The summed E-state index contributed by atoms with van der Waals surface area (Å²) < 4.78 is 4.62. The van der Waals surface area contributed by atoms with Gasteiger partial charge in [-0.3, -0.25) is 4.79 Å². The molecule has 122 valence electrons. The Hall–Kier alpha value is -1.30. The molecular weight excluding hydrogens is 327 g/mol. The lowest BCUT2D eigenvalue weighted by Gasteiger charge is -2.17. The molecule has 7 heteroatoms. The predicted octanol–water partition coefficient (Wildman–Crippen LogP) is 2.86. The number of carbonyl (C=O) groups is 2. The Bertz CT molecular complexity index is 552. The van der Waals surface area contributed by atoms with Crippen LogP contribution in [0.5, 0.6) is 0 Å². The molecule has 0 bridgehead atoms. The van der Waals surface area contributed by atoms with E-state index in [1.807, 2.05) is 0 Å². The van der Waals surface area contributed by atoms with Gasteiger partial charge in [0.1, 0.15) is 0 Å². The van der Waals surface area contributed by atoms with Crippen LogP contribution in [0.4, 0.5) is 5.69 Å². The Morgan fingerprint density at radius 1 is 1.41 bits per heavy atom. The number of benzene rings is 1. The standard InChI is InChI=1S/C15H19ClN2O3.ClH/c1-21-15(20)12-6-5-10(7-13(12)16)18-14(19)11-4-2-3-9(11)8-17;/h5-7,9,11H,2-4,8,17H2,1H3,(H,18,19);1H/t9-,11-;/m1./s1. The average molecular weight is 347 g/mol. The van der Waals surface area contributed by atoms with E-state index in [1.54, 1.807) is 18.2 Å². The molecule has 1 aromatic rings. The number of halogens is 2. The molecule has 2 rings (SSSR count). The third-order valence-corrected chi connectivity index (χ3v) is 4.25. The molecular formula is C15H20Cl2N2O3. The molecule has 3 N–H and O–H groups in total. The highest BCUT2D eigenvalue weighted by Gasteiger charge is 2.31. The predicted molar refractivity (Wildman–Crippen MR) is 88.6 cm³/mol. The number of amides is 1. The van der Waals surface area contributed by atoms with E-state index in [1.165, 1.54) is 7.11 Å². The van der Waals surface area contributed by atoms with Crippen molar-refractivity contribution in [2.45, 2.75) is 19.3 Å². The lowest BCUT2D eigenvalue weighted by molar-refractivity contribution is -0.120. The molecule has 22 heavy (non-hydrogen) atoms. The van der Waals surface area contributed by atoms with Gasteiger partial charge in [-0.2, -0.15) is 0 Å². The van der Waals surface area contributed by atoms with Crippen LogP contribution >= 0.6 is 24.0 Å². The molecule has 1 aliphatic carbocycles. The molecule has 0 saturated heterocycles. The molecule has 0 heterocycles. The highest BCUT2D eigenvalue weighted by Crippen LogP contribution is 2.32. The van der Waals surface area contributed by atoms with Crippen LogP contribution in [0.25, 0.3) is 0 Å². The summed E-state index contributed by atoms with van der Waals surface area (Å²) in [5.74, 6) is -0.342. The Kier molecular flexibility index (Phi) is 7.13. The van der Waals surface area contributed by atoms with Crippen LogP contribution in [0, 0.1) is 11.8 Å². The molecule has 1 fully saturated rings. The van der Waals surface area contributed by atoms with Gasteiger partial charge in [-0.15, -0.1) is 12.4 Å². The topological polar surface area (TPSA) is 81.4 Å². The van der Waals surface area contributed by atoms with Crippen molar-refractivity contribution in [3.8, 4) is 0 Å². The zero-order valence-corrected chi connectivity index (χ0v) is 13.9. The lowest BCUT2D eigenvalue weighted by atomic mass is 9.95. The minimum Gasteiger partial charge on any atom is -0.465 e. The normalized spacial score (nSPS) is 20.1. The van der Waals surface area contributed by atoms with Crippen LogP contribution in [-0.2, 0) is 9.53 Å². The fraction of sp³-hybridized carbons (Fsp3) is 0.467. The molecule has 0 unspecified atom stereocenters. The second kappa shape index (κ2) is 8.36. The van der Waals surface area contributed by atoms with E-state index < -0.39 is 5.97 Å². The average Bonchev–Trinajstić information content (AvgIpc) is 2.95. The van der Waals surface area contributed by atoms with Crippen molar-refractivity contribution in [2.75, 3.05) is 19.0 Å². The van der Waals surface area contributed by atoms with Gasteiger partial charge in [0.15, 0.2) is 0 Å². The van der Waals surface area contributed by atoms with Gasteiger partial charge in [-0.05, 0) is 43.5 Å². The first-order valence-corrected chi connectivity index (χ1v) is 7.33. The number of methoxy groups -OCH3 is 1. The number of carbonyl (C=O) groups excluding carboxylic acids is 2. The van der Waals surface area contributed by atoms with E-state index in [4.69, 9.17) is 17.3 Å². The zero-order chi connectivity index (χ0) is 15.4. The molecule has 5 nitrogen and oxygen atoms in total. The number of nitrogens with one attached hydrogen (secondary N) is 1. The molecule has 0 aliphatic heterocycles. The van der Waals surface area contributed by atoms with E-state index in [2.05, 4.69) is 10.1 Å². The van der Waals surface area contributed by atoms with Crippen molar-refractivity contribution in [1.82, 2.24) is 0 Å². The quantitative estimate of drug-likeness (QED) is 0.821. The van der Waals surface area contributed by atoms with Gasteiger partial charge in [0.2, 0.25) is 5.91 Å². The van der Waals surface area contributed by atoms with Crippen LogP contribution in [0.2, 0.25) is 5.02 Å². The number of nitrogens with two attached hydrogens (primary N) is 1. The second-order valence-electron chi connectivity index (χ2n) is 5.21. The maximum atomic E-state index is 12.3. The maximum absolute atomic E-state index is 12.3. The van der Waals surface area contributed by atoms with Gasteiger partial charge in [-0.25, -0.2) is 4.79 Å². The molecule has 1 aromatic carbocycles. The monoisotopic (exact) mass is 346 g/mol. The fourth-order valence-corrected chi connectivity index (χ4v) is 3.03. The SMILES string of the molecule is COC(=O)c1ccc(NC(=O)[C@@H]2CCC[C@@H]2CN)cc1Cl.Cl. The van der Waals surface area contributed by atoms with E-state index in [0.717, 1.165) is 19.3 Å². The molecule has 0 radical (unpaired) electrons. The third kappa shape index (κ3) is 4.12. The summed E-state index contributed by atoms with van der Waals surface area (Å²) in [7, 11) is 1.29. The summed E-state index contributed by atoms with van der Waals surface area (Å²) in [6.45, 7) is 0.528. The lowest BCUT2D eigenvalue weighted by Crippen LogP contribution is -2.29. The zero-order valence-electron chi connectivity index (χ0n) is 12.3. The molecule has 1 amide bonds. The van der Waals surface area contributed by atoms with Gasteiger partial charge in [0.25, 0.3) is 0 Å². The van der Waals surface area contributed by atoms with Crippen LogP contribution < -0.4 is 11.1 Å². The number of anilines is 1. The van der Waals surface area contributed by atoms with Crippen molar-refractivity contribution >= 4 is 41.6 Å². The van der Waals surface area contributed by atoms with Crippen molar-refractivity contribution in [2.24, 2.45) is 17.6 Å². The van der Waals surface area contributed by atoms with Crippen LogP contribution in [-0.4, -0.2) is 25.5 Å². The van der Waals surface area contributed by atoms with Gasteiger partial charge in [-0.1, -0.05) is 18.0 Å². The third-order valence-electron chi connectivity index (χ3n) is 3.94. The van der Waals surface area contributed by atoms with E-state index in [9.17, 15) is 9.59 Å². The Morgan fingerprint density at radius 3 is 2.73 bits per heavy atom. The Balaban J connectivity index is 0.00000242. The largest absolute Gasteiger partial charge is 0.465 e. The van der Waals surface area contributed by atoms with Crippen LogP contribution in [0.1, 0.15) is 29.6 Å². The summed E-state index contributed by atoms with van der Waals surface area (Å²) in [6, 6.07) is 4.74. The minimum atomic E-state index is -0.503. The highest BCUT2D eigenvalue weighted by molar-refractivity contribution is 6.34. The summed E-state index contributed by atoms with van der Waals surface area (Å²) in [5.41, 5.74) is 6.54. The first-order chi connectivity index (χ1) is 10.1. The summed E-state index contributed by atoms with van der Waals surface area (Å²) in [4.78, 5) is 23.7. The number of hydrogen-bond donors (Lipinski definition) is 2. The summed E-state index contributed by atoms with van der Waals surface area (Å²) >= 11 is 6.03. The first kappa shape index (κ1) is 18.7. The van der Waals surface area contributed by atoms with Crippen LogP contribution in [0.3, 0.4) is 0 Å². The molecule has 0 spiro atoms. The first-order valence-electron chi connectivity index (χ1n) is 6.95. The number of esters is 1.